The maximum atomic E-state index is 12.9. The van der Waals surface area contributed by atoms with Crippen molar-refractivity contribution in [3.63, 3.8) is 0 Å². The summed E-state index contributed by atoms with van der Waals surface area (Å²) in [5.74, 6) is -3.18. The molecule has 0 aromatic heterocycles. The Balaban J connectivity index is 2.18. The SMILES string of the molecule is O=C1CC(CS(=O)(=O)F)CN1c1ccc(F)c(O)c1. The van der Waals surface area contributed by atoms with Crippen LogP contribution in [0.1, 0.15) is 6.42 Å². The Kier molecular flexibility index (Phi) is 3.44. The van der Waals surface area contributed by atoms with Gasteiger partial charge in [0.05, 0.1) is 5.75 Å². The molecule has 1 aliphatic heterocycles. The number of nitrogens with zero attached hydrogens (tertiary/aromatic N) is 1. The summed E-state index contributed by atoms with van der Waals surface area (Å²) in [6.45, 7) is 0.0209. The van der Waals surface area contributed by atoms with Gasteiger partial charge in [-0.15, -0.1) is 3.89 Å². The molecular formula is C11H11F2NO4S. The molecule has 8 heteroatoms. The van der Waals surface area contributed by atoms with Gasteiger partial charge in [-0.1, -0.05) is 0 Å². The summed E-state index contributed by atoms with van der Waals surface area (Å²) < 4.78 is 46.6. The first kappa shape index (κ1) is 13.7. The normalized spacial score (nSPS) is 20.0. The van der Waals surface area contributed by atoms with Crippen LogP contribution in [0.2, 0.25) is 0 Å². The Morgan fingerprint density at radius 3 is 2.68 bits per heavy atom. The minimum atomic E-state index is -4.64. The van der Waals surface area contributed by atoms with E-state index in [1.54, 1.807) is 0 Å². The fourth-order valence-electron chi connectivity index (χ4n) is 2.09. The van der Waals surface area contributed by atoms with Gasteiger partial charge in [0.1, 0.15) is 0 Å². The van der Waals surface area contributed by atoms with Gasteiger partial charge < -0.3 is 10.0 Å². The topological polar surface area (TPSA) is 74.7 Å². The van der Waals surface area contributed by atoms with Crippen molar-refractivity contribution in [1.29, 1.82) is 0 Å². The Bertz CT molecular complexity index is 617. The number of hydrogen-bond donors (Lipinski definition) is 1. The molecule has 1 aromatic carbocycles. The third-order valence-corrected chi connectivity index (χ3v) is 3.75. The molecule has 0 saturated carbocycles. The number of phenolic OH excluding ortho intramolecular Hbond substituents is 1. The fraction of sp³-hybridized carbons (Fsp3) is 0.364. The molecule has 1 atom stereocenters. The molecule has 0 bridgehead atoms. The van der Waals surface area contributed by atoms with E-state index in [0.717, 1.165) is 12.1 Å². The van der Waals surface area contributed by atoms with Gasteiger partial charge in [-0.3, -0.25) is 4.79 Å². The Morgan fingerprint density at radius 2 is 2.11 bits per heavy atom. The molecule has 5 nitrogen and oxygen atoms in total. The number of phenols is 1. The number of rotatable bonds is 3. The van der Waals surface area contributed by atoms with Gasteiger partial charge in [-0.2, -0.15) is 8.42 Å². The highest BCUT2D eigenvalue weighted by Gasteiger charge is 2.33. The second-order valence-corrected chi connectivity index (χ2v) is 5.83. The minimum absolute atomic E-state index is 0.0209. The van der Waals surface area contributed by atoms with Crippen LogP contribution in [0, 0.1) is 11.7 Å². The summed E-state index contributed by atoms with van der Waals surface area (Å²) in [6.07, 6.45) is -0.0959. The minimum Gasteiger partial charge on any atom is -0.505 e. The quantitative estimate of drug-likeness (QED) is 0.849. The molecule has 0 aliphatic carbocycles. The van der Waals surface area contributed by atoms with Crippen LogP contribution in [0.3, 0.4) is 0 Å². The average molecular weight is 291 g/mol. The van der Waals surface area contributed by atoms with Gasteiger partial charge in [0.15, 0.2) is 11.6 Å². The summed E-state index contributed by atoms with van der Waals surface area (Å²) in [6, 6.07) is 3.36. The van der Waals surface area contributed by atoms with Crippen molar-refractivity contribution < 1.29 is 26.6 Å². The van der Waals surface area contributed by atoms with E-state index in [-0.39, 0.29) is 24.6 Å². The summed E-state index contributed by atoms with van der Waals surface area (Å²) in [5.41, 5.74) is 0.252. The summed E-state index contributed by atoms with van der Waals surface area (Å²) >= 11 is 0. The number of carbonyl (C=O) groups excluding carboxylic acids is 1. The first-order valence-corrected chi connectivity index (χ1v) is 7.03. The highest BCUT2D eigenvalue weighted by molar-refractivity contribution is 7.86. The third-order valence-electron chi connectivity index (χ3n) is 2.88. The Morgan fingerprint density at radius 1 is 1.42 bits per heavy atom. The number of anilines is 1. The molecule has 1 heterocycles. The van der Waals surface area contributed by atoms with Gasteiger partial charge in [0.25, 0.3) is 0 Å². The predicted molar refractivity (Wildman–Crippen MR) is 63.4 cm³/mol. The lowest BCUT2D eigenvalue weighted by atomic mass is 10.1. The lowest BCUT2D eigenvalue weighted by Crippen LogP contribution is -2.25. The largest absolute Gasteiger partial charge is 0.505 e. The zero-order chi connectivity index (χ0) is 14.2. The van der Waals surface area contributed by atoms with Crippen LogP contribution in [0.15, 0.2) is 18.2 Å². The van der Waals surface area contributed by atoms with Gasteiger partial charge in [-0.25, -0.2) is 4.39 Å². The van der Waals surface area contributed by atoms with Crippen LogP contribution in [0.25, 0.3) is 0 Å². The molecule has 1 aromatic rings. The maximum absolute atomic E-state index is 12.9. The first-order chi connectivity index (χ1) is 8.76. The van der Waals surface area contributed by atoms with E-state index < -0.39 is 33.5 Å². The second kappa shape index (κ2) is 4.76. The number of aromatic hydroxyl groups is 1. The molecule has 1 amide bonds. The second-order valence-electron chi connectivity index (χ2n) is 4.42. The van der Waals surface area contributed by atoms with Gasteiger partial charge in [0.2, 0.25) is 5.91 Å². The predicted octanol–water partition coefficient (Wildman–Crippen LogP) is 1.18. The molecule has 104 valence electrons. The third kappa shape index (κ3) is 3.19. The molecule has 0 radical (unpaired) electrons. The van der Waals surface area contributed by atoms with Crippen LogP contribution in [0.5, 0.6) is 5.75 Å². The fourth-order valence-corrected chi connectivity index (χ4v) is 2.88. The van der Waals surface area contributed by atoms with Crippen LogP contribution in [0.4, 0.5) is 14.0 Å². The Hall–Kier alpha value is -1.70. The van der Waals surface area contributed by atoms with E-state index in [0.29, 0.717) is 0 Å². The van der Waals surface area contributed by atoms with E-state index in [9.17, 15) is 26.6 Å². The lowest BCUT2D eigenvalue weighted by molar-refractivity contribution is -0.117. The molecule has 1 fully saturated rings. The number of carbonyl (C=O) groups is 1. The van der Waals surface area contributed by atoms with Gasteiger partial charge in [0, 0.05) is 30.6 Å². The molecule has 2 rings (SSSR count). The van der Waals surface area contributed by atoms with E-state index in [1.807, 2.05) is 0 Å². The zero-order valence-electron chi connectivity index (χ0n) is 9.71. The molecule has 0 spiro atoms. The summed E-state index contributed by atoms with van der Waals surface area (Å²) in [4.78, 5) is 12.9. The van der Waals surface area contributed by atoms with E-state index in [1.165, 1.54) is 11.0 Å². The Labute approximate surface area is 108 Å². The van der Waals surface area contributed by atoms with Crippen LogP contribution >= 0.6 is 0 Å². The van der Waals surface area contributed by atoms with Crippen molar-refractivity contribution in [3.05, 3.63) is 24.0 Å². The van der Waals surface area contributed by atoms with E-state index in [2.05, 4.69) is 0 Å². The van der Waals surface area contributed by atoms with Crippen molar-refractivity contribution in [1.82, 2.24) is 0 Å². The summed E-state index contributed by atoms with van der Waals surface area (Å²) in [5, 5.41) is 9.23. The van der Waals surface area contributed by atoms with Gasteiger partial charge >= 0.3 is 10.2 Å². The molecular weight excluding hydrogens is 280 g/mol. The van der Waals surface area contributed by atoms with Crippen molar-refractivity contribution in [2.24, 2.45) is 5.92 Å². The number of halogens is 2. The highest BCUT2D eigenvalue weighted by Crippen LogP contribution is 2.29. The van der Waals surface area contributed by atoms with E-state index in [4.69, 9.17) is 0 Å². The average Bonchev–Trinajstić information content (AvgIpc) is 2.61. The smallest absolute Gasteiger partial charge is 0.302 e. The first-order valence-electron chi connectivity index (χ1n) is 5.47. The number of benzene rings is 1. The molecule has 19 heavy (non-hydrogen) atoms. The summed E-state index contributed by atoms with van der Waals surface area (Å²) in [7, 11) is -4.64. The molecule has 1 aliphatic rings. The monoisotopic (exact) mass is 291 g/mol. The van der Waals surface area contributed by atoms with Gasteiger partial charge in [-0.05, 0) is 12.1 Å². The van der Waals surface area contributed by atoms with E-state index >= 15 is 0 Å². The number of amides is 1. The van der Waals surface area contributed by atoms with Crippen molar-refractivity contribution in [2.45, 2.75) is 6.42 Å². The highest BCUT2D eigenvalue weighted by atomic mass is 32.3. The molecule has 1 unspecified atom stereocenters. The van der Waals surface area contributed by atoms with Crippen LogP contribution in [-0.4, -0.2) is 31.7 Å². The lowest BCUT2D eigenvalue weighted by Gasteiger charge is -2.16. The molecule has 1 N–H and O–H groups in total. The van der Waals surface area contributed by atoms with Crippen LogP contribution in [-0.2, 0) is 15.0 Å². The van der Waals surface area contributed by atoms with Crippen molar-refractivity contribution >= 4 is 21.8 Å². The standard InChI is InChI=1S/C11H11F2NO4S/c12-9-2-1-8(4-10(9)15)14-5-7(3-11(14)16)6-19(13,17)18/h1-2,4,7,15H,3,5-6H2. The van der Waals surface area contributed by atoms with Crippen molar-refractivity contribution in [3.8, 4) is 5.75 Å². The zero-order valence-corrected chi connectivity index (χ0v) is 10.5. The maximum Gasteiger partial charge on any atom is 0.302 e. The van der Waals surface area contributed by atoms with Crippen LogP contribution < -0.4 is 4.90 Å². The van der Waals surface area contributed by atoms with Crippen molar-refractivity contribution in [2.75, 3.05) is 17.2 Å². The number of hydrogen-bond acceptors (Lipinski definition) is 4. The molecule has 1 saturated heterocycles.